The Labute approximate surface area is 114 Å². The molecular formula is C16H21N3. The number of nitrogen functional groups attached to an aromatic ring is 1. The normalized spacial score (nSPS) is 14.9. The molecule has 1 aliphatic carbocycles. The van der Waals surface area contributed by atoms with Crippen LogP contribution in [0.25, 0.3) is 11.3 Å². The number of benzene rings is 1. The maximum Gasteiger partial charge on any atom is 0.132 e. The second kappa shape index (κ2) is 4.41. The summed E-state index contributed by atoms with van der Waals surface area (Å²) < 4.78 is 2.25. The van der Waals surface area contributed by atoms with Crippen molar-refractivity contribution in [1.29, 1.82) is 0 Å². The molecule has 3 rings (SSSR count). The van der Waals surface area contributed by atoms with Crippen molar-refractivity contribution >= 4 is 5.82 Å². The van der Waals surface area contributed by atoms with Crippen molar-refractivity contribution in [3.05, 3.63) is 35.2 Å². The molecule has 100 valence electrons. The van der Waals surface area contributed by atoms with E-state index in [0.29, 0.717) is 6.04 Å². The minimum atomic E-state index is 0.585. The van der Waals surface area contributed by atoms with Gasteiger partial charge in [-0.15, -0.1) is 0 Å². The van der Waals surface area contributed by atoms with E-state index in [2.05, 4.69) is 43.5 Å². The van der Waals surface area contributed by atoms with Crippen molar-refractivity contribution in [2.45, 2.75) is 46.1 Å². The maximum atomic E-state index is 6.37. The predicted octanol–water partition coefficient (Wildman–Crippen LogP) is 3.65. The van der Waals surface area contributed by atoms with Crippen molar-refractivity contribution in [3.8, 4) is 11.3 Å². The van der Waals surface area contributed by atoms with E-state index >= 15 is 0 Å². The largest absolute Gasteiger partial charge is 0.383 e. The zero-order valence-electron chi connectivity index (χ0n) is 11.9. The molecule has 2 N–H and O–H groups in total. The van der Waals surface area contributed by atoms with Gasteiger partial charge in [0.15, 0.2) is 0 Å². The van der Waals surface area contributed by atoms with E-state index in [1.807, 2.05) is 0 Å². The fourth-order valence-electron chi connectivity index (χ4n) is 2.67. The van der Waals surface area contributed by atoms with Gasteiger partial charge in [0.25, 0.3) is 0 Å². The van der Waals surface area contributed by atoms with Crippen molar-refractivity contribution in [2.24, 2.45) is 0 Å². The topological polar surface area (TPSA) is 43.8 Å². The van der Waals surface area contributed by atoms with Crippen molar-refractivity contribution in [1.82, 2.24) is 9.55 Å². The Morgan fingerprint density at radius 1 is 1.32 bits per heavy atom. The van der Waals surface area contributed by atoms with Gasteiger partial charge in [-0.3, -0.25) is 0 Å². The molecule has 2 aromatic rings. The van der Waals surface area contributed by atoms with Gasteiger partial charge in [-0.2, -0.15) is 0 Å². The van der Waals surface area contributed by atoms with E-state index < -0.39 is 0 Å². The molecule has 1 fully saturated rings. The minimum absolute atomic E-state index is 0.585. The van der Waals surface area contributed by atoms with Gasteiger partial charge >= 0.3 is 0 Å². The third-order valence-corrected chi connectivity index (χ3v) is 3.90. The van der Waals surface area contributed by atoms with Crippen molar-refractivity contribution < 1.29 is 0 Å². The summed E-state index contributed by atoms with van der Waals surface area (Å²) in [6, 6.07) is 7.05. The van der Waals surface area contributed by atoms with Crippen LogP contribution in [0.5, 0.6) is 0 Å². The van der Waals surface area contributed by atoms with Gasteiger partial charge in [-0.25, -0.2) is 4.98 Å². The molecule has 0 amide bonds. The highest BCUT2D eigenvalue weighted by atomic mass is 15.2. The Hall–Kier alpha value is -1.77. The molecule has 19 heavy (non-hydrogen) atoms. The zero-order valence-corrected chi connectivity index (χ0v) is 11.9. The first-order chi connectivity index (χ1) is 9.11. The van der Waals surface area contributed by atoms with Crippen LogP contribution < -0.4 is 5.73 Å². The number of aryl methyl sites for hydroxylation is 3. The van der Waals surface area contributed by atoms with Crippen LogP contribution in [0.3, 0.4) is 0 Å². The average molecular weight is 255 g/mol. The molecule has 3 nitrogen and oxygen atoms in total. The summed E-state index contributed by atoms with van der Waals surface area (Å²) in [5.41, 5.74) is 11.0. The predicted molar refractivity (Wildman–Crippen MR) is 79.2 cm³/mol. The minimum Gasteiger partial charge on any atom is -0.383 e. The Morgan fingerprint density at radius 2 is 2.05 bits per heavy atom. The third kappa shape index (κ3) is 2.03. The molecule has 1 aromatic heterocycles. The second-order valence-corrected chi connectivity index (χ2v) is 5.53. The van der Waals surface area contributed by atoms with Gasteiger partial charge in [0.2, 0.25) is 0 Å². The molecule has 0 radical (unpaired) electrons. The molecule has 1 saturated carbocycles. The maximum absolute atomic E-state index is 6.37. The summed E-state index contributed by atoms with van der Waals surface area (Å²) in [4.78, 5) is 4.80. The number of aromatic nitrogens is 2. The highest BCUT2D eigenvalue weighted by Gasteiger charge is 2.29. The number of nitrogens with two attached hydrogens (primary N) is 1. The molecule has 0 unspecified atom stereocenters. The second-order valence-electron chi connectivity index (χ2n) is 5.53. The monoisotopic (exact) mass is 255 g/mol. The lowest BCUT2D eigenvalue weighted by Crippen LogP contribution is -2.04. The first kappa shape index (κ1) is 12.3. The lowest BCUT2D eigenvalue weighted by molar-refractivity contribution is 0.696. The number of rotatable bonds is 3. The van der Waals surface area contributed by atoms with Crippen LogP contribution in [0.4, 0.5) is 5.82 Å². The molecule has 0 bridgehead atoms. The summed E-state index contributed by atoms with van der Waals surface area (Å²) in [5, 5.41) is 0. The van der Waals surface area contributed by atoms with Gasteiger partial charge in [0.1, 0.15) is 17.3 Å². The van der Waals surface area contributed by atoms with Crippen LogP contribution in [-0.2, 0) is 6.42 Å². The molecule has 0 spiro atoms. The fourth-order valence-corrected chi connectivity index (χ4v) is 2.67. The van der Waals surface area contributed by atoms with E-state index in [9.17, 15) is 0 Å². The Bertz CT molecular complexity index is 621. The van der Waals surface area contributed by atoms with Gasteiger partial charge in [-0.1, -0.05) is 24.6 Å². The fraction of sp³-hybridized carbons (Fsp3) is 0.438. The number of imidazole rings is 1. The molecule has 0 atom stereocenters. The lowest BCUT2D eigenvalue weighted by Gasteiger charge is -2.08. The van der Waals surface area contributed by atoms with Crippen LogP contribution >= 0.6 is 0 Å². The molecule has 1 heterocycles. The highest BCUT2D eigenvalue weighted by molar-refractivity contribution is 5.74. The molecule has 1 aromatic carbocycles. The highest BCUT2D eigenvalue weighted by Crippen LogP contribution is 2.41. The average Bonchev–Trinajstić information content (AvgIpc) is 3.17. The SMILES string of the molecule is CCc1nc(-c2cc(C)ccc2C)c(N)n1C1CC1. The molecule has 1 aliphatic rings. The van der Waals surface area contributed by atoms with E-state index in [-0.39, 0.29) is 0 Å². The quantitative estimate of drug-likeness (QED) is 0.909. The van der Waals surface area contributed by atoms with Gasteiger partial charge in [-0.05, 0) is 38.3 Å². The van der Waals surface area contributed by atoms with Crippen molar-refractivity contribution in [3.63, 3.8) is 0 Å². The van der Waals surface area contributed by atoms with Crippen LogP contribution in [0.1, 0.15) is 42.8 Å². The number of anilines is 1. The molecule has 3 heteroatoms. The number of hydrogen-bond acceptors (Lipinski definition) is 2. The van der Waals surface area contributed by atoms with Crippen LogP contribution in [0.15, 0.2) is 18.2 Å². The number of nitrogens with zero attached hydrogens (tertiary/aromatic N) is 2. The van der Waals surface area contributed by atoms with E-state index in [0.717, 1.165) is 23.8 Å². The van der Waals surface area contributed by atoms with Crippen molar-refractivity contribution in [2.75, 3.05) is 5.73 Å². The number of hydrogen-bond donors (Lipinski definition) is 1. The summed E-state index contributed by atoms with van der Waals surface area (Å²) in [7, 11) is 0. The van der Waals surface area contributed by atoms with Crippen LogP contribution in [-0.4, -0.2) is 9.55 Å². The van der Waals surface area contributed by atoms with E-state index in [1.165, 1.54) is 29.5 Å². The molecular weight excluding hydrogens is 234 g/mol. The Balaban J connectivity index is 2.17. The van der Waals surface area contributed by atoms with Gasteiger partial charge < -0.3 is 10.3 Å². The zero-order chi connectivity index (χ0) is 13.6. The smallest absolute Gasteiger partial charge is 0.132 e. The summed E-state index contributed by atoms with van der Waals surface area (Å²) >= 11 is 0. The summed E-state index contributed by atoms with van der Waals surface area (Å²) in [6.07, 6.45) is 3.41. The van der Waals surface area contributed by atoms with E-state index in [4.69, 9.17) is 10.7 Å². The first-order valence-corrected chi connectivity index (χ1v) is 7.06. The lowest BCUT2D eigenvalue weighted by atomic mass is 10.0. The molecule has 0 saturated heterocycles. The van der Waals surface area contributed by atoms with Gasteiger partial charge in [0.05, 0.1) is 0 Å². The Kier molecular flexibility index (Phi) is 2.85. The summed E-state index contributed by atoms with van der Waals surface area (Å²) in [5.74, 6) is 1.96. The third-order valence-electron chi connectivity index (χ3n) is 3.90. The molecule has 0 aliphatic heterocycles. The van der Waals surface area contributed by atoms with Crippen LogP contribution in [0.2, 0.25) is 0 Å². The Morgan fingerprint density at radius 3 is 2.68 bits per heavy atom. The summed E-state index contributed by atoms with van der Waals surface area (Å²) in [6.45, 7) is 6.38. The first-order valence-electron chi connectivity index (χ1n) is 7.06. The van der Waals surface area contributed by atoms with Crippen LogP contribution in [0, 0.1) is 13.8 Å². The standard InChI is InChI=1S/C16H21N3/c1-4-14-18-15(16(17)19(14)12-7-8-12)13-9-10(2)5-6-11(13)3/h5-6,9,12H,4,7-8,17H2,1-3H3. The van der Waals surface area contributed by atoms with E-state index in [1.54, 1.807) is 0 Å². The van der Waals surface area contributed by atoms with Gasteiger partial charge in [0, 0.05) is 18.0 Å².